The molecular formula is C8H9NNiO6. The van der Waals surface area contributed by atoms with Crippen LogP contribution in [0.15, 0.2) is 0 Å². The molecule has 0 atom stereocenters. The summed E-state index contributed by atoms with van der Waals surface area (Å²) < 4.78 is 0. The van der Waals surface area contributed by atoms with Gasteiger partial charge in [-0.25, -0.2) is 0 Å². The zero-order valence-corrected chi connectivity index (χ0v) is 9.70. The molecule has 0 aromatic carbocycles. The van der Waals surface area contributed by atoms with E-state index in [1.807, 2.05) is 0 Å². The third kappa shape index (κ3) is 39.7. The zero-order valence-electron chi connectivity index (χ0n) is 8.71. The van der Waals surface area contributed by atoms with Gasteiger partial charge >= 0.3 is 16.5 Å². The van der Waals surface area contributed by atoms with Crippen molar-refractivity contribution in [2.75, 3.05) is 0 Å². The first-order chi connectivity index (χ1) is 6.70. The van der Waals surface area contributed by atoms with Gasteiger partial charge in [0, 0.05) is 20.8 Å². The average molecular weight is 274 g/mol. The van der Waals surface area contributed by atoms with E-state index < -0.39 is 23.5 Å². The van der Waals surface area contributed by atoms with Gasteiger partial charge in [0.05, 0.1) is 6.07 Å². The molecule has 16 heavy (non-hydrogen) atoms. The quantitative estimate of drug-likeness (QED) is 0.390. The molecule has 0 radical (unpaired) electrons. The van der Waals surface area contributed by atoms with Crippen molar-refractivity contribution in [3.63, 3.8) is 0 Å². The smallest absolute Gasteiger partial charge is 0.542 e. The maximum Gasteiger partial charge on any atom is 2.00 e. The van der Waals surface area contributed by atoms with Crippen LogP contribution < -0.4 is 10.2 Å². The van der Waals surface area contributed by atoms with Gasteiger partial charge in [-0.3, -0.25) is 9.59 Å². The molecule has 0 aromatic heterocycles. The Labute approximate surface area is 102 Å². The van der Waals surface area contributed by atoms with Crippen molar-refractivity contribution >= 4 is 23.5 Å². The topological polar surface area (TPSA) is 138 Å². The normalized spacial score (nSPS) is 6.12. The summed E-state index contributed by atoms with van der Waals surface area (Å²) in [6.45, 7) is 3.31. The fourth-order valence-electron chi connectivity index (χ4n) is 0. The van der Waals surface area contributed by atoms with Gasteiger partial charge in [0.25, 0.3) is 0 Å². The van der Waals surface area contributed by atoms with Crippen molar-refractivity contribution in [2.24, 2.45) is 0 Å². The first-order valence-electron chi connectivity index (χ1n) is 3.45. The summed E-state index contributed by atoms with van der Waals surface area (Å²) in [5.41, 5.74) is 0. The first-order valence-corrected chi connectivity index (χ1v) is 3.45. The third-order valence-corrected chi connectivity index (χ3v) is 0.575. The van der Waals surface area contributed by atoms with Crippen LogP contribution in [0.1, 0.15) is 20.8 Å². The molecule has 0 unspecified atom stereocenters. The van der Waals surface area contributed by atoms with E-state index in [0.717, 1.165) is 13.8 Å². The van der Waals surface area contributed by atoms with E-state index in [9.17, 15) is 29.4 Å². The van der Waals surface area contributed by atoms with Gasteiger partial charge in [0.1, 0.15) is 11.9 Å². The van der Waals surface area contributed by atoms with Crippen LogP contribution in [-0.2, 0) is 35.7 Å². The summed E-state index contributed by atoms with van der Waals surface area (Å²) in [6.07, 6.45) is 0. The van der Waals surface area contributed by atoms with Gasteiger partial charge in [-0.15, -0.1) is 0 Å². The second-order valence-corrected chi connectivity index (χ2v) is 1.91. The number of rotatable bonds is 2. The van der Waals surface area contributed by atoms with E-state index in [1.54, 1.807) is 6.07 Å². The molecule has 0 aliphatic carbocycles. The Balaban J connectivity index is -0.0000000692. The fourth-order valence-corrected chi connectivity index (χ4v) is 0. The number of Topliss-reactive ketones (excluding diaryl/α,β-unsaturated/α-hetero) is 2. The van der Waals surface area contributed by atoms with E-state index >= 15 is 0 Å². The predicted octanol–water partition coefficient (Wildman–Crippen LogP) is -2.82. The maximum atomic E-state index is 9.48. The molecule has 0 aromatic rings. The summed E-state index contributed by atoms with van der Waals surface area (Å²) in [6, 6.07) is 1.75. The van der Waals surface area contributed by atoms with Gasteiger partial charge in [0.15, 0.2) is 11.6 Å². The summed E-state index contributed by atoms with van der Waals surface area (Å²) in [5.74, 6) is -5.13. The number of carbonyl (C=O) groups is 4. The predicted molar refractivity (Wildman–Crippen MR) is 42.7 cm³/mol. The Morgan fingerprint density at radius 2 is 1.00 bits per heavy atom. The molecule has 0 heterocycles. The Morgan fingerprint density at radius 1 is 0.938 bits per heavy atom. The molecule has 0 amide bonds. The largest absolute Gasteiger partial charge is 2.00 e. The molecule has 0 saturated carbocycles. The number of aliphatic carboxylic acids is 2. The monoisotopic (exact) mass is 273 g/mol. The number of ketones is 2. The summed E-state index contributed by atoms with van der Waals surface area (Å²) in [7, 11) is 0. The standard InChI is InChI=1S/2C3H4O3.C2H3N.Ni/c2*1-2(4)3(5)6;1-2-3;/h2*1H3,(H,5,6);1H3;/q;;;+2/p-2. The minimum absolute atomic E-state index is 0. The summed E-state index contributed by atoms with van der Waals surface area (Å²) in [5, 5.41) is 25.8. The molecule has 0 fully saturated rings. The summed E-state index contributed by atoms with van der Waals surface area (Å²) in [4.78, 5) is 37.4. The summed E-state index contributed by atoms with van der Waals surface area (Å²) >= 11 is 0. The maximum absolute atomic E-state index is 9.48. The molecule has 0 aliphatic heterocycles. The molecule has 0 spiro atoms. The Morgan fingerprint density at radius 3 is 1.00 bits per heavy atom. The number of nitrogens with zero attached hydrogens (tertiary/aromatic N) is 1. The Bertz CT molecular complexity index is 245. The Hall–Kier alpha value is -1.74. The second kappa shape index (κ2) is 15.7. The van der Waals surface area contributed by atoms with Crippen LogP contribution >= 0.6 is 0 Å². The molecule has 8 heteroatoms. The van der Waals surface area contributed by atoms with E-state index in [-0.39, 0.29) is 16.5 Å². The molecule has 0 saturated heterocycles. The van der Waals surface area contributed by atoms with E-state index in [0.29, 0.717) is 0 Å². The molecule has 0 rings (SSSR count). The number of hydrogen-bond donors (Lipinski definition) is 0. The fraction of sp³-hybridized carbons (Fsp3) is 0.375. The molecule has 0 N–H and O–H groups in total. The van der Waals surface area contributed by atoms with E-state index in [1.165, 1.54) is 6.92 Å². The van der Waals surface area contributed by atoms with Crippen LogP contribution in [0.3, 0.4) is 0 Å². The number of hydrogen-bond acceptors (Lipinski definition) is 7. The van der Waals surface area contributed by atoms with Crippen LogP contribution in [0.2, 0.25) is 0 Å². The molecule has 0 bridgehead atoms. The van der Waals surface area contributed by atoms with Crippen molar-refractivity contribution in [3.8, 4) is 6.07 Å². The van der Waals surface area contributed by atoms with Crippen molar-refractivity contribution in [3.05, 3.63) is 0 Å². The van der Waals surface area contributed by atoms with Crippen molar-refractivity contribution in [1.29, 1.82) is 5.26 Å². The molecule has 0 aliphatic rings. The van der Waals surface area contributed by atoms with Crippen molar-refractivity contribution < 1.29 is 45.9 Å². The zero-order chi connectivity index (χ0) is 13.0. The first kappa shape index (κ1) is 23.8. The molecule has 92 valence electrons. The average Bonchev–Trinajstić information content (AvgIpc) is 2.06. The van der Waals surface area contributed by atoms with Crippen LogP contribution in [0.25, 0.3) is 0 Å². The van der Waals surface area contributed by atoms with E-state index in [2.05, 4.69) is 0 Å². The van der Waals surface area contributed by atoms with Gasteiger partial charge in [-0.1, -0.05) is 0 Å². The van der Waals surface area contributed by atoms with Crippen molar-refractivity contribution in [1.82, 2.24) is 0 Å². The minimum Gasteiger partial charge on any atom is -0.542 e. The Kier molecular flexibility index (Phi) is 23.4. The van der Waals surface area contributed by atoms with E-state index in [4.69, 9.17) is 5.26 Å². The van der Waals surface area contributed by atoms with Crippen LogP contribution in [-0.4, -0.2) is 23.5 Å². The SMILES string of the molecule is CC#N.CC(=O)C(=O)[O-].CC(=O)C(=O)[O-].[Ni+2]. The van der Waals surface area contributed by atoms with Gasteiger partial charge in [0.2, 0.25) is 0 Å². The van der Waals surface area contributed by atoms with Gasteiger partial charge in [-0.2, -0.15) is 5.26 Å². The van der Waals surface area contributed by atoms with Crippen LogP contribution in [0.5, 0.6) is 0 Å². The number of carboxylic acids is 2. The number of nitriles is 1. The van der Waals surface area contributed by atoms with Gasteiger partial charge < -0.3 is 19.8 Å². The van der Waals surface area contributed by atoms with Crippen molar-refractivity contribution in [2.45, 2.75) is 20.8 Å². The second-order valence-electron chi connectivity index (χ2n) is 1.91. The van der Waals surface area contributed by atoms with Gasteiger partial charge in [-0.05, 0) is 0 Å². The van der Waals surface area contributed by atoms with Crippen LogP contribution in [0, 0.1) is 11.3 Å². The number of carboxylic acid groups (broad SMARTS) is 2. The molecular weight excluding hydrogens is 265 g/mol. The third-order valence-electron chi connectivity index (χ3n) is 0.575. The van der Waals surface area contributed by atoms with Crippen LogP contribution in [0.4, 0.5) is 0 Å². The number of carbonyl (C=O) groups excluding carboxylic acids is 4. The minimum atomic E-state index is -1.63. The molecule has 7 nitrogen and oxygen atoms in total.